The van der Waals surface area contributed by atoms with E-state index in [1.54, 1.807) is 7.05 Å². The highest BCUT2D eigenvalue weighted by Crippen LogP contribution is 2.40. The number of hydrogen-bond donors (Lipinski definition) is 2. The largest absolute Gasteiger partial charge is 0.480 e. The Morgan fingerprint density at radius 2 is 1.75 bits per heavy atom. The van der Waals surface area contributed by atoms with Gasteiger partial charge in [-0.2, -0.15) is 0 Å². The number of nitrogens with one attached hydrogen (secondary N) is 1. The van der Waals surface area contributed by atoms with Crippen molar-refractivity contribution >= 4 is 5.97 Å². The molecule has 0 spiro atoms. The molecule has 1 atom stereocenters. The summed E-state index contributed by atoms with van der Waals surface area (Å²) in [5, 5.41) is 12.0. The fourth-order valence-corrected chi connectivity index (χ4v) is 2.88. The van der Waals surface area contributed by atoms with Gasteiger partial charge in [-0.25, -0.2) is 0 Å². The van der Waals surface area contributed by atoms with Crippen molar-refractivity contribution in [2.75, 3.05) is 7.05 Å². The summed E-state index contributed by atoms with van der Waals surface area (Å²) in [6.45, 7) is 6.85. The number of likely N-dealkylation sites (N-methyl/N-ethyl adjacent to an activating group) is 1. The minimum absolute atomic E-state index is 0.307. The van der Waals surface area contributed by atoms with Gasteiger partial charge in [-0.1, -0.05) is 20.8 Å². The third kappa shape index (κ3) is 3.21. The highest BCUT2D eigenvalue weighted by molar-refractivity contribution is 5.73. The molecule has 0 amide bonds. The first-order valence-corrected chi connectivity index (χ1v) is 6.26. The van der Waals surface area contributed by atoms with Gasteiger partial charge in [0.2, 0.25) is 0 Å². The molecule has 0 saturated heterocycles. The molecular weight excluding hydrogens is 202 g/mol. The van der Waals surface area contributed by atoms with Crippen LogP contribution in [0.4, 0.5) is 0 Å². The molecule has 0 aliphatic heterocycles. The van der Waals surface area contributed by atoms with E-state index in [4.69, 9.17) is 5.11 Å². The van der Waals surface area contributed by atoms with Gasteiger partial charge in [-0.3, -0.25) is 4.79 Å². The lowest BCUT2D eigenvalue weighted by molar-refractivity contribution is -0.141. The summed E-state index contributed by atoms with van der Waals surface area (Å²) in [4.78, 5) is 11.0. The molecule has 1 aliphatic rings. The molecule has 0 aromatic carbocycles. The molecule has 0 radical (unpaired) electrons. The molecule has 2 N–H and O–H groups in total. The maximum Gasteiger partial charge on any atom is 0.320 e. The molecule has 0 heterocycles. The van der Waals surface area contributed by atoms with E-state index in [1.165, 1.54) is 12.8 Å². The van der Waals surface area contributed by atoms with Crippen molar-refractivity contribution in [3.05, 3.63) is 0 Å². The monoisotopic (exact) mass is 227 g/mol. The zero-order chi connectivity index (χ0) is 12.3. The Bertz CT molecular complexity index is 237. The third-order valence-electron chi connectivity index (χ3n) is 4.05. The van der Waals surface area contributed by atoms with Gasteiger partial charge in [-0.15, -0.1) is 0 Å². The Morgan fingerprint density at radius 3 is 2.06 bits per heavy atom. The molecule has 1 saturated carbocycles. The summed E-state index contributed by atoms with van der Waals surface area (Å²) in [6, 6.07) is -0.360. The normalized spacial score (nSPS) is 28.8. The van der Waals surface area contributed by atoms with Crippen LogP contribution in [-0.2, 0) is 4.79 Å². The Labute approximate surface area is 98.6 Å². The van der Waals surface area contributed by atoms with Gasteiger partial charge in [0.25, 0.3) is 0 Å². The molecule has 16 heavy (non-hydrogen) atoms. The summed E-state index contributed by atoms with van der Waals surface area (Å²) in [5.41, 5.74) is 0.364. The van der Waals surface area contributed by atoms with Crippen molar-refractivity contribution in [1.82, 2.24) is 5.32 Å². The number of carboxylic acids is 1. The standard InChI is InChI=1S/C13H25NO2/c1-13(2,3)10-7-5-9(6-8-10)11(14-4)12(15)16/h9-11,14H,5-8H2,1-4H3,(H,15,16)/t9?,10?,11-/m0/s1. The van der Waals surface area contributed by atoms with Crippen LogP contribution in [0.3, 0.4) is 0 Å². The van der Waals surface area contributed by atoms with E-state index in [-0.39, 0.29) is 6.04 Å². The highest BCUT2D eigenvalue weighted by atomic mass is 16.4. The summed E-state index contributed by atoms with van der Waals surface area (Å²) in [5.74, 6) is 0.345. The number of carbonyl (C=O) groups is 1. The van der Waals surface area contributed by atoms with Crippen LogP contribution >= 0.6 is 0 Å². The molecular formula is C13H25NO2. The van der Waals surface area contributed by atoms with Crippen LogP contribution in [0.15, 0.2) is 0 Å². The summed E-state index contributed by atoms with van der Waals surface area (Å²) >= 11 is 0. The average Bonchev–Trinajstić information content (AvgIpc) is 2.17. The number of aliphatic carboxylic acids is 1. The van der Waals surface area contributed by atoms with Crippen molar-refractivity contribution in [1.29, 1.82) is 0 Å². The molecule has 3 heteroatoms. The van der Waals surface area contributed by atoms with Gasteiger partial charge in [0, 0.05) is 0 Å². The van der Waals surface area contributed by atoms with E-state index in [0.717, 1.165) is 18.8 Å². The van der Waals surface area contributed by atoms with Gasteiger partial charge in [0.15, 0.2) is 0 Å². The van der Waals surface area contributed by atoms with E-state index in [9.17, 15) is 4.79 Å². The lowest BCUT2D eigenvalue weighted by Gasteiger charge is -2.38. The smallest absolute Gasteiger partial charge is 0.320 e. The average molecular weight is 227 g/mol. The fourth-order valence-electron chi connectivity index (χ4n) is 2.88. The van der Waals surface area contributed by atoms with Crippen LogP contribution in [0.5, 0.6) is 0 Å². The molecule has 1 rings (SSSR count). The van der Waals surface area contributed by atoms with Gasteiger partial charge < -0.3 is 10.4 Å². The fraction of sp³-hybridized carbons (Fsp3) is 0.923. The van der Waals surface area contributed by atoms with Crippen LogP contribution in [0.2, 0.25) is 0 Å². The van der Waals surface area contributed by atoms with Gasteiger partial charge in [0.1, 0.15) is 6.04 Å². The maximum absolute atomic E-state index is 11.0. The molecule has 3 nitrogen and oxygen atoms in total. The van der Waals surface area contributed by atoms with Crippen molar-refractivity contribution in [3.8, 4) is 0 Å². The van der Waals surface area contributed by atoms with Gasteiger partial charge in [0.05, 0.1) is 0 Å². The van der Waals surface area contributed by atoms with Crippen molar-refractivity contribution in [3.63, 3.8) is 0 Å². The topological polar surface area (TPSA) is 49.3 Å². The van der Waals surface area contributed by atoms with Crippen LogP contribution in [-0.4, -0.2) is 24.2 Å². The first-order valence-electron chi connectivity index (χ1n) is 6.26. The van der Waals surface area contributed by atoms with Gasteiger partial charge in [-0.05, 0) is 50.0 Å². The van der Waals surface area contributed by atoms with Crippen LogP contribution in [0.1, 0.15) is 46.5 Å². The van der Waals surface area contributed by atoms with Gasteiger partial charge >= 0.3 is 5.97 Å². The SMILES string of the molecule is CN[C@H](C(=O)O)C1CCC(C(C)(C)C)CC1. The van der Waals surface area contributed by atoms with Crippen molar-refractivity contribution in [2.45, 2.75) is 52.5 Å². The van der Waals surface area contributed by atoms with E-state index in [0.29, 0.717) is 11.3 Å². The van der Waals surface area contributed by atoms with Crippen molar-refractivity contribution < 1.29 is 9.90 Å². The van der Waals surface area contributed by atoms with E-state index < -0.39 is 5.97 Å². The Kier molecular flexibility index (Phi) is 4.36. The van der Waals surface area contributed by atoms with Crippen LogP contribution in [0.25, 0.3) is 0 Å². The summed E-state index contributed by atoms with van der Waals surface area (Å²) in [7, 11) is 1.74. The number of hydrogen-bond acceptors (Lipinski definition) is 2. The molecule has 0 aromatic heterocycles. The first-order chi connectivity index (χ1) is 7.36. The van der Waals surface area contributed by atoms with E-state index >= 15 is 0 Å². The zero-order valence-corrected chi connectivity index (χ0v) is 10.9. The third-order valence-corrected chi connectivity index (χ3v) is 4.05. The highest BCUT2D eigenvalue weighted by Gasteiger charge is 2.34. The summed E-state index contributed by atoms with van der Waals surface area (Å²) in [6.07, 6.45) is 4.42. The Balaban J connectivity index is 2.51. The predicted molar refractivity (Wildman–Crippen MR) is 65.4 cm³/mol. The minimum atomic E-state index is -0.707. The number of carboxylic acid groups (broad SMARTS) is 1. The number of rotatable bonds is 3. The van der Waals surface area contributed by atoms with Crippen LogP contribution < -0.4 is 5.32 Å². The Morgan fingerprint density at radius 1 is 1.25 bits per heavy atom. The minimum Gasteiger partial charge on any atom is -0.480 e. The molecule has 1 aliphatic carbocycles. The maximum atomic E-state index is 11.0. The quantitative estimate of drug-likeness (QED) is 0.779. The second-order valence-electron chi connectivity index (χ2n) is 6.08. The molecule has 0 bridgehead atoms. The van der Waals surface area contributed by atoms with Crippen LogP contribution in [0, 0.1) is 17.3 Å². The first kappa shape index (κ1) is 13.5. The molecule has 0 unspecified atom stereocenters. The second-order valence-corrected chi connectivity index (χ2v) is 6.08. The second kappa shape index (κ2) is 5.17. The molecule has 0 aromatic rings. The predicted octanol–water partition coefficient (Wildman–Crippen LogP) is 2.51. The van der Waals surface area contributed by atoms with E-state index in [2.05, 4.69) is 26.1 Å². The Hall–Kier alpha value is -0.570. The lowest BCUT2D eigenvalue weighted by Crippen LogP contribution is -2.43. The zero-order valence-electron chi connectivity index (χ0n) is 10.9. The van der Waals surface area contributed by atoms with Crippen molar-refractivity contribution in [2.24, 2.45) is 17.3 Å². The lowest BCUT2D eigenvalue weighted by atomic mass is 9.68. The molecule has 1 fully saturated rings. The van der Waals surface area contributed by atoms with E-state index in [1.807, 2.05) is 0 Å². The summed E-state index contributed by atoms with van der Waals surface area (Å²) < 4.78 is 0. The molecule has 94 valence electrons.